The molecular weight excluding hydrogens is 759 g/mol. The third-order valence-electron chi connectivity index (χ3n) is 12.8. The number of nitrogens with zero attached hydrogens (tertiary/aromatic N) is 3. The predicted octanol–water partition coefficient (Wildman–Crippen LogP) is 6.23. The fourth-order valence-electron chi connectivity index (χ4n) is 9.75. The number of hydrogen-bond donors (Lipinski definition) is 1. The standard InChI is InChI=1S/C45H61N3O9S/c1-11-35-45(8)39-28(4)36(46-20-21-48(39)43(52)57-45)26(2)25-44(7,53-22-12-14-31-16-18-32(19-17-31)34-15-13-23-58-34)40(29(5)37(49)30(6)41(51)55-35)56-42-38(50)33(47(9)10)24-27(3)54-42/h13,15-19,23,26-30,33,35,38-40,42,50H,11,20-22,24-25H2,1-10H3/t26-,27-,28+,29+,30-,33+,35-,38-,39-,40-,42+,44+,45-/m1/s1. The highest BCUT2D eigenvalue weighted by atomic mass is 32.1. The third-order valence-corrected chi connectivity index (χ3v) is 13.7. The highest BCUT2D eigenvalue weighted by molar-refractivity contribution is 7.13. The lowest BCUT2D eigenvalue weighted by Crippen LogP contribution is -2.60. The molecule has 316 valence electrons. The Morgan fingerprint density at radius 3 is 2.43 bits per heavy atom. The Balaban J connectivity index is 1.40. The van der Waals surface area contributed by atoms with Crippen LogP contribution in [-0.4, -0.2) is 126 Å². The SMILES string of the molecule is CC[C@H]1OC(=O)[C@H](C)C(=O)[C@H](C)[C@@H](O[C@@H]2O[C@H](C)C[C@H](N(C)C)[C@H]2O)[C@@](C)(OCC#Cc2ccc(-c3cccs3)cc2)C[C@@H](C)C2=NCCN3C(=O)O[C@@]1(C)[C@H]3[C@H]2C. The van der Waals surface area contributed by atoms with Crippen LogP contribution in [0.5, 0.6) is 0 Å². The highest BCUT2D eigenvalue weighted by Gasteiger charge is 2.60. The van der Waals surface area contributed by atoms with E-state index in [4.69, 9.17) is 28.7 Å². The second-order valence-corrected chi connectivity index (χ2v) is 18.2. The van der Waals surface area contributed by atoms with E-state index in [2.05, 4.69) is 24.8 Å². The molecule has 1 aromatic carbocycles. The lowest BCUT2D eigenvalue weighted by Gasteiger charge is -2.47. The molecule has 12 nitrogen and oxygen atoms in total. The summed E-state index contributed by atoms with van der Waals surface area (Å²) in [6, 6.07) is 11.4. The first-order chi connectivity index (χ1) is 27.5. The summed E-state index contributed by atoms with van der Waals surface area (Å²) in [7, 11) is 3.81. The average molecular weight is 820 g/mol. The molecule has 2 bridgehead atoms. The number of rotatable bonds is 7. The summed E-state index contributed by atoms with van der Waals surface area (Å²) < 4.78 is 32.3. The van der Waals surface area contributed by atoms with Crippen molar-refractivity contribution in [2.45, 2.75) is 129 Å². The molecule has 0 spiro atoms. The van der Waals surface area contributed by atoms with Crippen LogP contribution < -0.4 is 0 Å². The van der Waals surface area contributed by atoms with E-state index in [1.807, 2.05) is 89.3 Å². The van der Waals surface area contributed by atoms with Crippen LogP contribution in [0.1, 0.15) is 80.2 Å². The molecule has 13 heteroatoms. The van der Waals surface area contributed by atoms with Crippen LogP contribution in [0.3, 0.4) is 0 Å². The number of carbonyl (C=O) groups is 3. The second kappa shape index (κ2) is 17.9. The van der Waals surface area contributed by atoms with Gasteiger partial charge in [0.2, 0.25) is 0 Å². The Labute approximate surface area is 347 Å². The number of hydrogen-bond acceptors (Lipinski definition) is 12. The van der Waals surface area contributed by atoms with Crippen molar-refractivity contribution >= 4 is 34.9 Å². The van der Waals surface area contributed by atoms with Gasteiger partial charge in [-0.2, -0.15) is 0 Å². The Kier molecular flexibility index (Phi) is 13.6. The molecule has 1 aromatic heterocycles. The van der Waals surface area contributed by atoms with Gasteiger partial charge in [0.15, 0.2) is 17.7 Å². The largest absolute Gasteiger partial charge is 0.458 e. The molecule has 0 saturated carbocycles. The number of amides is 1. The van der Waals surface area contributed by atoms with E-state index < -0.39 is 71.5 Å². The number of aliphatic hydroxyl groups is 1. The molecule has 4 aliphatic heterocycles. The summed E-state index contributed by atoms with van der Waals surface area (Å²) in [6.07, 6.45) is -3.40. The van der Waals surface area contributed by atoms with Crippen LogP contribution in [0.25, 0.3) is 10.4 Å². The van der Waals surface area contributed by atoms with E-state index in [1.54, 1.807) is 23.2 Å². The zero-order valence-corrected chi connectivity index (χ0v) is 36.4. The van der Waals surface area contributed by atoms with E-state index in [9.17, 15) is 19.5 Å². The van der Waals surface area contributed by atoms with Gasteiger partial charge in [0.05, 0.1) is 30.4 Å². The molecule has 1 amide bonds. The van der Waals surface area contributed by atoms with Crippen molar-refractivity contribution in [1.82, 2.24) is 9.80 Å². The van der Waals surface area contributed by atoms with Crippen LogP contribution in [0, 0.1) is 35.5 Å². The molecule has 13 atom stereocenters. The average Bonchev–Trinajstić information content (AvgIpc) is 3.77. The fourth-order valence-corrected chi connectivity index (χ4v) is 10.5. The van der Waals surface area contributed by atoms with Gasteiger partial charge in [-0.1, -0.05) is 57.7 Å². The smallest absolute Gasteiger partial charge is 0.410 e. The fraction of sp³-hybridized carbons (Fsp3) is 0.644. The van der Waals surface area contributed by atoms with Crippen LogP contribution >= 0.6 is 11.3 Å². The first kappa shape index (κ1) is 43.9. The minimum absolute atomic E-state index is 0.00388. The number of ketones is 1. The molecule has 4 aliphatic rings. The number of aliphatic imine (C=N–C) groups is 1. The summed E-state index contributed by atoms with van der Waals surface area (Å²) in [5.41, 5.74) is 0.380. The second-order valence-electron chi connectivity index (χ2n) is 17.2. The van der Waals surface area contributed by atoms with Gasteiger partial charge in [-0.05, 0) is 96.1 Å². The van der Waals surface area contributed by atoms with E-state index in [-0.39, 0.29) is 30.6 Å². The number of benzene rings is 1. The van der Waals surface area contributed by atoms with Gasteiger partial charge in [0.1, 0.15) is 24.7 Å². The van der Waals surface area contributed by atoms with Crippen LogP contribution in [0.4, 0.5) is 4.79 Å². The highest BCUT2D eigenvalue weighted by Crippen LogP contribution is 2.44. The topological polar surface area (TPSA) is 136 Å². The number of aliphatic hydroxyl groups excluding tert-OH is 1. The lowest BCUT2D eigenvalue weighted by molar-refractivity contribution is -0.296. The normalized spacial score (nSPS) is 37.2. The summed E-state index contributed by atoms with van der Waals surface area (Å²) in [5.74, 6) is 2.65. The molecule has 0 aliphatic carbocycles. The maximum Gasteiger partial charge on any atom is 0.410 e. The van der Waals surface area contributed by atoms with Gasteiger partial charge in [0, 0.05) is 40.6 Å². The molecule has 3 fully saturated rings. The van der Waals surface area contributed by atoms with Crippen molar-refractivity contribution in [1.29, 1.82) is 0 Å². The van der Waals surface area contributed by atoms with E-state index in [1.165, 1.54) is 11.8 Å². The molecule has 0 radical (unpaired) electrons. The summed E-state index contributed by atoms with van der Waals surface area (Å²) in [4.78, 5) is 52.0. The van der Waals surface area contributed by atoms with Gasteiger partial charge in [0.25, 0.3) is 0 Å². The van der Waals surface area contributed by atoms with Crippen LogP contribution in [-0.2, 0) is 33.3 Å². The van der Waals surface area contributed by atoms with Gasteiger partial charge < -0.3 is 33.7 Å². The zero-order chi connectivity index (χ0) is 42.1. The number of likely N-dealkylation sites (N-methyl/N-ethyl adjacent to an activating group) is 1. The Bertz CT molecular complexity index is 1870. The van der Waals surface area contributed by atoms with Gasteiger partial charge in [-0.15, -0.1) is 11.3 Å². The van der Waals surface area contributed by atoms with Crippen molar-refractivity contribution in [2.24, 2.45) is 28.7 Å². The van der Waals surface area contributed by atoms with Crippen molar-refractivity contribution in [3.05, 3.63) is 47.3 Å². The molecule has 5 heterocycles. The minimum atomic E-state index is -1.23. The van der Waals surface area contributed by atoms with E-state index >= 15 is 0 Å². The minimum Gasteiger partial charge on any atom is -0.458 e. The predicted molar refractivity (Wildman–Crippen MR) is 222 cm³/mol. The number of thiophene rings is 1. The van der Waals surface area contributed by atoms with Crippen molar-refractivity contribution < 1.29 is 43.2 Å². The molecule has 6 rings (SSSR count). The van der Waals surface area contributed by atoms with E-state index in [0.29, 0.717) is 32.4 Å². The lowest BCUT2D eigenvalue weighted by atomic mass is 9.73. The molecular formula is C45H61N3O9S. The van der Waals surface area contributed by atoms with Crippen molar-refractivity contribution in [2.75, 3.05) is 33.8 Å². The van der Waals surface area contributed by atoms with Gasteiger partial charge in [-0.3, -0.25) is 19.5 Å². The first-order valence-corrected chi connectivity index (χ1v) is 21.6. The third kappa shape index (κ3) is 8.79. The number of cyclic esters (lactones) is 1. The number of ether oxygens (including phenoxy) is 5. The number of esters is 1. The van der Waals surface area contributed by atoms with Gasteiger partial charge >= 0.3 is 12.1 Å². The summed E-state index contributed by atoms with van der Waals surface area (Å²) in [5, 5.41) is 13.7. The van der Waals surface area contributed by atoms with Crippen molar-refractivity contribution in [3.63, 3.8) is 0 Å². The molecule has 1 N–H and O–H groups in total. The molecule has 58 heavy (non-hydrogen) atoms. The Morgan fingerprint density at radius 1 is 1.05 bits per heavy atom. The summed E-state index contributed by atoms with van der Waals surface area (Å²) in [6.45, 7) is 15.6. The maximum absolute atomic E-state index is 14.6. The monoisotopic (exact) mass is 819 g/mol. The van der Waals surface area contributed by atoms with Crippen LogP contribution in [0.15, 0.2) is 46.8 Å². The summed E-state index contributed by atoms with van der Waals surface area (Å²) >= 11 is 1.68. The Morgan fingerprint density at radius 2 is 1.78 bits per heavy atom. The first-order valence-electron chi connectivity index (χ1n) is 20.7. The zero-order valence-electron chi connectivity index (χ0n) is 35.6. The van der Waals surface area contributed by atoms with E-state index in [0.717, 1.165) is 16.8 Å². The van der Waals surface area contributed by atoms with Crippen LogP contribution in [0.2, 0.25) is 0 Å². The molecule has 2 aromatic rings. The maximum atomic E-state index is 14.6. The number of Topliss-reactive ketones (excluding diaryl/α,β-unsaturated/α-hetero) is 1. The van der Waals surface area contributed by atoms with Gasteiger partial charge in [-0.25, -0.2) is 4.79 Å². The molecule has 0 unspecified atom stereocenters. The Hall–Kier alpha value is -3.64. The van der Waals surface area contributed by atoms with Crippen molar-refractivity contribution in [3.8, 4) is 22.3 Å². The number of fused-ring (bicyclic) bond motifs is 1. The number of carbonyl (C=O) groups excluding carboxylic acids is 3. The quantitative estimate of drug-likeness (QED) is 0.195. The molecule has 3 saturated heterocycles.